The first-order chi connectivity index (χ1) is 14.0. The molecule has 1 atom stereocenters. The number of guanidine groups is 1. The van der Waals surface area contributed by atoms with Gasteiger partial charge in [0.15, 0.2) is 5.96 Å². The Kier molecular flexibility index (Phi) is 7.19. The van der Waals surface area contributed by atoms with Crippen LogP contribution in [0.2, 0.25) is 0 Å². The molecule has 0 spiro atoms. The lowest BCUT2D eigenvalue weighted by Gasteiger charge is -2.33. The van der Waals surface area contributed by atoms with E-state index in [4.69, 9.17) is 4.42 Å². The predicted molar refractivity (Wildman–Crippen MR) is 107 cm³/mol. The van der Waals surface area contributed by atoms with E-state index < -0.39 is 11.7 Å². The molecular formula is C21H27F3N4O. The summed E-state index contributed by atoms with van der Waals surface area (Å²) in [4.78, 5) is 6.59. The molecule has 1 fully saturated rings. The van der Waals surface area contributed by atoms with Gasteiger partial charge in [0.2, 0.25) is 0 Å². The summed E-state index contributed by atoms with van der Waals surface area (Å²) >= 11 is 0. The van der Waals surface area contributed by atoms with Crippen LogP contribution in [-0.4, -0.2) is 37.5 Å². The van der Waals surface area contributed by atoms with Gasteiger partial charge in [0.05, 0.1) is 17.9 Å². The molecule has 2 aromatic rings. The van der Waals surface area contributed by atoms with Gasteiger partial charge in [-0.05, 0) is 55.8 Å². The minimum atomic E-state index is -4.35. The van der Waals surface area contributed by atoms with Gasteiger partial charge in [-0.2, -0.15) is 13.2 Å². The van der Waals surface area contributed by atoms with Crippen LogP contribution in [0.25, 0.3) is 0 Å². The maximum absolute atomic E-state index is 12.9. The maximum Gasteiger partial charge on any atom is 0.416 e. The van der Waals surface area contributed by atoms with E-state index in [2.05, 4.69) is 20.5 Å². The van der Waals surface area contributed by atoms with Crippen molar-refractivity contribution in [3.63, 3.8) is 0 Å². The number of benzene rings is 1. The molecule has 1 aliphatic heterocycles. The number of aliphatic imine (C=N–C) groups is 1. The first-order valence-electron chi connectivity index (χ1n) is 9.85. The SMILES string of the molecule is CN=C(NCc1cccc(C(F)(F)F)c1)NCC(c1ccco1)N1CCCCC1. The van der Waals surface area contributed by atoms with Crippen molar-refractivity contribution in [2.45, 2.75) is 38.0 Å². The highest BCUT2D eigenvalue weighted by Crippen LogP contribution is 2.29. The Morgan fingerprint density at radius 3 is 2.59 bits per heavy atom. The summed E-state index contributed by atoms with van der Waals surface area (Å²) in [6.07, 6.45) is 0.905. The lowest BCUT2D eigenvalue weighted by molar-refractivity contribution is -0.137. The van der Waals surface area contributed by atoms with Crippen LogP contribution in [-0.2, 0) is 12.7 Å². The van der Waals surface area contributed by atoms with Crippen molar-refractivity contribution in [1.29, 1.82) is 0 Å². The molecule has 8 heteroatoms. The lowest BCUT2D eigenvalue weighted by atomic mass is 10.1. The number of piperidine rings is 1. The topological polar surface area (TPSA) is 52.8 Å². The molecule has 5 nitrogen and oxygen atoms in total. The van der Waals surface area contributed by atoms with E-state index in [1.54, 1.807) is 19.4 Å². The van der Waals surface area contributed by atoms with Crippen LogP contribution in [0, 0.1) is 0 Å². The quantitative estimate of drug-likeness (QED) is 0.556. The predicted octanol–water partition coefficient (Wildman–Crippen LogP) is 4.19. The van der Waals surface area contributed by atoms with Crippen molar-refractivity contribution < 1.29 is 17.6 Å². The first-order valence-corrected chi connectivity index (χ1v) is 9.85. The number of halogens is 3. The van der Waals surface area contributed by atoms with Crippen LogP contribution in [0.3, 0.4) is 0 Å². The molecule has 1 aliphatic rings. The Bertz CT molecular complexity index is 783. The number of nitrogens with one attached hydrogen (secondary N) is 2. The fourth-order valence-electron chi connectivity index (χ4n) is 3.58. The standard InChI is InChI=1S/C21H27F3N4O/c1-25-20(26-14-16-7-5-8-17(13-16)21(22,23)24)27-15-18(19-9-6-12-29-19)28-10-3-2-4-11-28/h5-9,12-13,18H,2-4,10-11,14-15H2,1H3,(H2,25,26,27). The molecule has 1 unspecified atom stereocenters. The van der Waals surface area contributed by atoms with Crippen LogP contribution >= 0.6 is 0 Å². The number of furan rings is 1. The van der Waals surface area contributed by atoms with Gasteiger partial charge >= 0.3 is 6.18 Å². The van der Waals surface area contributed by atoms with Crippen LogP contribution in [0.5, 0.6) is 0 Å². The molecule has 2 heterocycles. The summed E-state index contributed by atoms with van der Waals surface area (Å²) in [6.45, 7) is 2.88. The zero-order valence-electron chi connectivity index (χ0n) is 16.5. The Morgan fingerprint density at radius 2 is 1.93 bits per heavy atom. The molecule has 29 heavy (non-hydrogen) atoms. The van der Waals surface area contributed by atoms with Crippen molar-refractivity contribution in [3.05, 3.63) is 59.5 Å². The highest BCUT2D eigenvalue weighted by molar-refractivity contribution is 5.79. The number of rotatable bonds is 6. The minimum Gasteiger partial charge on any atom is -0.468 e. The van der Waals surface area contributed by atoms with E-state index in [0.29, 0.717) is 18.1 Å². The van der Waals surface area contributed by atoms with Crippen LogP contribution < -0.4 is 10.6 Å². The summed E-state index contributed by atoms with van der Waals surface area (Å²) in [5.74, 6) is 1.43. The van der Waals surface area contributed by atoms with E-state index in [1.807, 2.05) is 12.1 Å². The minimum absolute atomic E-state index is 0.0809. The molecule has 1 aromatic carbocycles. The molecule has 1 aromatic heterocycles. The second-order valence-electron chi connectivity index (χ2n) is 7.13. The van der Waals surface area contributed by atoms with E-state index >= 15 is 0 Å². The van der Waals surface area contributed by atoms with Crippen molar-refractivity contribution >= 4 is 5.96 Å². The van der Waals surface area contributed by atoms with E-state index in [-0.39, 0.29) is 12.6 Å². The van der Waals surface area contributed by atoms with E-state index in [1.165, 1.54) is 25.3 Å². The van der Waals surface area contributed by atoms with Gasteiger partial charge in [0.25, 0.3) is 0 Å². The van der Waals surface area contributed by atoms with Crippen LogP contribution in [0.15, 0.2) is 52.1 Å². The third kappa shape index (κ3) is 6.00. The third-order valence-corrected chi connectivity index (χ3v) is 5.10. The fraction of sp³-hybridized carbons (Fsp3) is 0.476. The fourth-order valence-corrected chi connectivity index (χ4v) is 3.58. The zero-order valence-corrected chi connectivity index (χ0v) is 16.5. The zero-order chi connectivity index (χ0) is 20.7. The molecule has 3 rings (SSSR count). The highest BCUT2D eigenvalue weighted by Gasteiger charge is 2.30. The average molecular weight is 408 g/mol. The van der Waals surface area contributed by atoms with E-state index in [0.717, 1.165) is 31.0 Å². The normalized spacial score (nSPS) is 17.2. The number of alkyl halides is 3. The third-order valence-electron chi connectivity index (χ3n) is 5.10. The maximum atomic E-state index is 12.9. The van der Waals surface area contributed by atoms with Crippen molar-refractivity contribution in [2.24, 2.45) is 4.99 Å². The molecule has 1 saturated heterocycles. The van der Waals surface area contributed by atoms with Gasteiger partial charge in [0.1, 0.15) is 5.76 Å². The Labute approximate surface area is 169 Å². The van der Waals surface area contributed by atoms with E-state index in [9.17, 15) is 13.2 Å². The Hall–Kier alpha value is -2.48. The second-order valence-corrected chi connectivity index (χ2v) is 7.13. The average Bonchev–Trinajstić information content (AvgIpc) is 3.25. The molecule has 0 aliphatic carbocycles. The van der Waals surface area contributed by atoms with Gasteiger partial charge in [-0.25, -0.2) is 0 Å². The first kappa shape index (κ1) is 21.2. The summed E-state index contributed by atoms with van der Waals surface area (Å²) < 4.78 is 44.3. The van der Waals surface area contributed by atoms with Crippen LogP contribution in [0.4, 0.5) is 13.2 Å². The van der Waals surface area contributed by atoms with Gasteiger partial charge in [0, 0.05) is 20.1 Å². The number of nitrogens with zero attached hydrogens (tertiary/aromatic N) is 2. The molecule has 0 radical (unpaired) electrons. The van der Waals surface area contributed by atoms with Crippen molar-refractivity contribution in [2.75, 3.05) is 26.7 Å². The Balaban J connectivity index is 1.59. The lowest BCUT2D eigenvalue weighted by Crippen LogP contribution is -2.44. The summed E-state index contributed by atoms with van der Waals surface area (Å²) in [7, 11) is 1.64. The number of hydrogen-bond acceptors (Lipinski definition) is 3. The largest absolute Gasteiger partial charge is 0.468 e. The summed E-state index contributed by atoms with van der Waals surface area (Å²) in [6, 6.07) is 9.24. The molecule has 0 bridgehead atoms. The Morgan fingerprint density at radius 1 is 1.14 bits per heavy atom. The molecular weight excluding hydrogens is 381 g/mol. The van der Waals surface area contributed by atoms with Crippen LogP contribution in [0.1, 0.15) is 42.2 Å². The number of hydrogen-bond donors (Lipinski definition) is 2. The van der Waals surface area contributed by atoms with Gasteiger partial charge in [-0.1, -0.05) is 18.6 Å². The van der Waals surface area contributed by atoms with Gasteiger partial charge in [-0.3, -0.25) is 9.89 Å². The summed E-state index contributed by atoms with van der Waals surface area (Å²) in [5, 5.41) is 6.38. The van der Waals surface area contributed by atoms with Crippen molar-refractivity contribution in [3.8, 4) is 0 Å². The second kappa shape index (κ2) is 9.82. The monoisotopic (exact) mass is 408 g/mol. The number of likely N-dealkylation sites (tertiary alicyclic amines) is 1. The molecule has 2 N–H and O–H groups in total. The van der Waals surface area contributed by atoms with Gasteiger partial charge < -0.3 is 15.1 Å². The molecule has 0 saturated carbocycles. The van der Waals surface area contributed by atoms with Crippen molar-refractivity contribution in [1.82, 2.24) is 15.5 Å². The smallest absolute Gasteiger partial charge is 0.416 e. The molecule has 158 valence electrons. The molecule has 0 amide bonds. The van der Waals surface area contributed by atoms with Gasteiger partial charge in [-0.15, -0.1) is 0 Å². The summed E-state index contributed by atoms with van der Waals surface area (Å²) in [5.41, 5.74) is -0.107. The highest BCUT2D eigenvalue weighted by atomic mass is 19.4.